The van der Waals surface area contributed by atoms with Gasteiger partial charge in [0.2, 0.25) is 0 Å². The van der Waals surface area contributed by atoms with E-state index in [4.69, 9.17) is 19.7 Å². The average molecular weight is 1150 g/mol. The largest absolute Gasteiger partial charge is 1.00 e. The van der Waals surface area contributed by atoms with Gasteiger partial charge >= 0.3 is 7.13 Å². The van der Waals surface area contributed by atoms with Crippen molar-refractivity contribution in [3.63, 3.8) is 0 Å². The Bertz CT molecular complexity index is 1790. The summed E-state index contributed by atoms with van der Waals surface area (Å²) in [4.78, 5) is 0. The van der Waals surface area contributed by atoms with Gasteiger partial charge in [-0.15, -0.1) is 48.0 Å². The molecule has 6 unspecified atom stereocenters. The number of halogens is 2. The van der Waals surface area contributed by atoms with Gasteiger partial charge in [0.15, 0.2) is 0 Å². The van der Waals surface area contributed by atoms with Crippen LogP contribution in [0.25, 0.3) is 0 Å². The lowest BCUT2D eigenvalue weighted by molar-refractivity contribution is -0.0882. The van der Waals surface area contributed by atoms with Crippen LogP contribution < -0.4 is 0 Å². The third kappa shape index (κ3) is 27.8. The van der Waals surface area contributed by atoms with Gasteiger partial charge in [0.1, 0.15) is 0 Å². The van der Waals surface area contributed by atoms with Gasteiger partial charge in [-0.1, -0.05) is 120 Å². The smallest absolute Gasteiger partial charge is 0.386 e. The summed E-state index contributed by atoms with van der Waals surface area (Å²) in [5, 5.41) is 18.2. The highest BCUT2D eigenvalue weighted by Gasteiger charge is 2.37. The van der Waals surface area contributed by atoms with Gasteiger partial charge in [-0.25, -0.2) is 0 Å². The second-order valence-corrected chi connectivity index (χ2v) is 21.2. The van der Waals surface area contributed by atoms with Crippen molar-refractivity contribution < 1.29 is 26.8 Å². The average Bonchev–Trinajstić information content (AvgIpc) is 4.05. The Hall–Kier alpha value is -2.08. The fourth-order valence-corrected chi connectivity index (χ4v) is 8.95. The van der Waals surface area contributed by atoms with Gasteiger partial charge < -0.3 is 19.7 Å². The van der Waals surface area contributed by atoms with Gasteiger partial charge in [0.25, 0.3) is 0 Å². The van der Waals surface area contributed by atoms with E-state index in [1.807, 2.05) is 38.2 Å². The van der Waals surface area contributed by atoms with Crippen LogP contribution in [0.1, 0.15) is 199 Å². The number of hydrogen-bond donors (Lipinski definition) is 2. The summed E-state index contributed by atoms with van der Waals surface area (Å²) < 4.78 is 12.4. The fourth-order valence-electron chi connectivity index (χ4n) is 8.95. The second kappa shape index (κ2) is 31.3. The molecule has 0 saturated heterocycles. The zero-order valence-corrected chi connectivity index (χ0v) is 48.5. The van der Waals surface area contributed by atoms with E-state index >= 15 is 0 Å². The molecule has 0 bridgehead atoms. The zero-order valence-electron chi connectivity index (χ0n) is 48.9. The zero-order chi connectivity index (χ0) is 47.9. The molecule has 0 heterocycles. The van der Waals surface area contributed by atoms with Gasteiger partial charge in [-0.3, -0.25) is 0 Å². The molecular formula is C61H99I2O4+7. The van der Waals surface area contributed by atoms with E-state index in [1.165, 1.54) is 66.4 Å². The third-order valence-corrected chi connectivity index (χ3v) is 13.1. The Morgan fingerprint density at radius 3 is 1.10 bits per heavy atom. The van der Waals surface area contributed by atoms with E-state index in [0.29, 0.717) is 0 Å². The maximum atomic E-state index is 9.11. The standard InChI is InChI=1S/C13H20O.C12H18O.2C6H10O.2C6H9.2C6H8.2HI/c1-11-6-9-13(3,10-11)14-12(2)7-4-5-8-12;1-11(7-3-4-8-11)13-12(2)9-5-6-10-12;2*1-6(7)4-2-3-5-6;4*1-6-4-2-3-5-6;;/h4,7,10H,5-6,8-9H2,1-3H3;3,5,7,9H,4,6,8,10H2,1-2H3;2*2,4,7H,3,5H2,1H3;2*2,4H,3,5H2,1H3;2,4-5H,3H2,1H3;2-4H,5H2,1H3;2*1H/q;;;;2*+1;;;;/p+5. The molecule has 0 fully saturated rings. The first kappa shape index (κ1) is 62.9. The molecule has 6 atom stereocenters. The number of rotatable bonds is 4. The molecule has 0 aliphatic heterocycles. The van der Waals surface area contributed by atoms with Crippen molar-refractivity contribution in [1.29, 1.82) is 0 Å². The SMILES string of the molecule is CC1(O)C=CCC1.CC1(O)C=CCC1.CC1(OC2(C)C=CCC2)C=CCC1.CC1=CC(C)(OC2(C)C=CCC2)CC1.CC1=CC=CC1.CC1=CCC=C1.CC1=C[CH+]CC1.CC1=C[CH+]CC1.I.I.[H+].[H+].[H+].[H+].[H+]. The van der Waals surface area contributed by atoms with E-state index < -0.39 is 11.2 Å². The Balaban J connectivity index is -0.000000240. The van der Waals surface area contributed by atoms with Crippen molar-refractivity contribution in [3.8, 4) is 0 Å². The third-order valence-electron chi connectivity index (χ3n) is 13.1. The van der Waals surface area contributed by atoms with Crippen molar-refractivity contribution >= 4 is 48.0 Å². The molecule has 374 valence electrons. The lowest BCUT2D eigenvalue weighted by atomic mass is 10.0. The molecule has 0 spiro atoms. The first-order chi connectivity index (χ1) is 30.6. The van der Waals surface area contributed by atoms with Crippen LogP contribution in [0.4, 0.5) is 0 Å². The first-order valence-corrected chi connectivity index (χ1v) is 25.2. The normalized spacial score (nSPS) is 32.3. The van der Waals surface area contributed by atoms with E-state index in [-0.39, 0.29) is 77.5 Å². The molecule has 10 aliphatic rings. The number of aliphatic hydroxyl groups is 2. The van der Waals surface area contributed by atoms with Crippen LogP contribution in [0, 0.1) is 12.8 Å². The van der Waals surface area contributed by atoms with Crippen LogP contribution >= 0.6 is 48.0 Å². The van der Waals surface area contributed by atoms with E-state index in [0.717, 1.165) is 77.0 Å². The predicted molar refractivity (Wildman–Crippen MR) is 318 cm³/mol. The Kier molecular flexibility index (Phi) is 29.4. The van der Waals surface area contributed by atoms with E-state index in [9.17, 15) is 0 Å². The maximum Gasteiger partial charge on any atom is 1.00 e. The van der Waals surface area contributed by atoms with Crippen molar-refractivity contribution in [1.82, 2.24) is 0 Å². The predicted octanol–water partition coefficient (Wildman–Crippen LogP) is 18.5. The summed E-state index contributed by atoms with van der Waals surface area (Å²) in [7, 11) is 0. The van der Waals surface area contributed by atoms with Crippen LogP contribution in [0.15, 0.2) is 143 Å². The Morgan fingerprint density at radius 2 is 0.925 bits per heavy atom. The summed E-state index contributed by atoms with van der Waals surface area (Å²) in [6, 6.07) is 0. The number of hydrogen-bond acceptors (Lipinski definition) is 4. The molecule has 4 nitrogen and oxygen atoms in total. The number of ether oxygens (including phenoxy) is 2. The number of allylic oxidation sites excluding steroid dienone is 18. The summed E-state index contributed by atoms with van der Waals surface area (Å²) in [6.45, 7) is 23.2. The molecule has 10 aliphatic carbocycles. The summed E-state index contributed by atoms with van der Waals surface area (Å²) >= 11 is 0. The van der Waals surface area contributed by atoms with Crippen LogP contribution in [-0.4, -0.2) is 43.8 Å². The summed E-state index contributed by atoms with van der Waals surface area (Å²) in [6.07, 6.45) is 65.6. The van der Waals surface area contributed by atoms with Gasteiger partial charge in [0.05, 0.1) is 82.6 Å². The molecule has 0 saturated carbocycles. The minimum atomic E-state index is -0.486. The van der Waals surface area contributed by atoms with Crippen LogP contribution in [-0.2, 0) is 9.47 Å². The second-order valence-electron chi connectivity index (χ2n) is 21.2. The lowest BCUT2D eigenvalue weighted by Crippen LogP contribution is -2.36. The molecule has 0 amide bonds. The topological polar surface area (TPSA) is 58.9 Å². The molecule has 6 heteroatoms. The quantitative estimate of drug-likeness (QED) is 0.167. The minimum absolute atomic E-state index is 0. The highest BCUT2D eigenvalue weighted by molar-refractivity contribution is 14.0. The maximum absolute atomic E-state index is 9.11. The molecule has 0 aromatic carbocycles. The molecule has 2 N–H and O–H groups in total. The van der Waals surface area contributed by atoms with Crippen molar-refractivity contribution in [2.24, 2.45) is 0 Å². The van der Waals surface area contributed by atoms with E-state index in [1.54, 1.807) is 0 Å². The molecule has 0 aromatic rings. The fraction of sp³-hybridized carbons (Fsp3) is 0.574. The van der Waals surface area contributed by atoms with E-state index in [2.05, 4.69) is 166 Å². The Labute approximate surface area is 453 Å². The van der Waals surface area contributed by atoms with Gasteiger partial charge in [0, 0.05) is 26.7 Å². The molecule has 67 heavy (non-hydrogen) atoms. The highest BCUT2D eigenvalue weighted by Crippen LogP contribution is 2.39. The Morgan fingerprint density at radius 1 is 0.493 bits per heavy atom. The summed E-state index contributed by atoms with van der Waals surface area (Å²) in [5.74, 6) is 0. The minimum Gasteiger partial charge on any atom is -0.386 e. The van der Waals surface area contributed by atoms with Crippen molar-refractivity contribution in [2.75, 3.05) is 0 Å². The molecule has 0 aromatic heterocycles. The monoisotopic (exact) mass is 1150 g/mol. The molecular weight excluding hydrogens is 1050 g/mol. The summed E-state index contributed by atoms with van der Waals surface area (Å²) in [5.41, 5.74) is 6.35. The van der Waals surface area contributed by atoms with Crippen LogP contribution in [0.5, 0.6) is 0 Å². The van der Waals surface area contributed by atoms with Gasteiger partial charge in [-0.2, -0.15) is 0 Å². The van der Waals surface area contributed by atoms with Gasteiger partial charge in [-0.05, 0) is 152 Å². The molecule has 10 rings (SSSR count). The lowest BCUT2D eigenvalue weighted by Gasteiger charge is -2.33. The van der Waals surface area contributed by atoms with Crippen LogP contribution in [0.3, 0.4) is 0 Å². The highest BCUT2D eigenvalue weighted by atomic mass is 127. The first-order valence-electron chi connectivity index (χ1n) is 25.2. The van der Waals surface area contributed by atoms with Crippen molar-refractivity contribution in [3.05, 3.63) is 156 Å². The van der Waals surface area contributed by atoms with Crippen LogP contribution in [0.2, 0.25) is 0 Å². The van der Waals surface area contributed by atoms with Crippen molar-refractivity contribution in [2.45, 2.75) is 225 Å². The molecule has 0 radical (unpaired) electrons.